The molecular formula is C25H25ClN4O3. The molecule has 2 aliphatic heterocycles. The van der Waals surface area contributed by atoms with Crippen LogP contribution in [0.5, 0.6) is 0 Å². The largest absolute Gasteiger partial charge is 0.481 e. The number of carboxylic acid groups (broad SMARTS) is 1. The molecular weight excluding hydrogens is 440 g/mol. The number of aliphatic carboxylic acids is 1. The Balaban J connectivity index is 1.65. The van der Waals surface area contributed by atoms with Gasteiger partial charge in [0, 0.05) is 23.0 Å². The summed E-state index contributed by atoms with van der Waals surface area (Å²) in [5, 5.41) is 10.9. The van der Waals surface area contributed by atoms with Crippen molar-refractivity contribution in [3.8, 4) is 0 Å². The van der Waals surface area contributed by atoms with Gasteiger partial charge in [0.05, 0.1) is 12.0 Å². The first-order chi connectivity index (χ1) is 15.8. The molecule has 5 rings (SSSR count). The number of nitrogens with zero attached hydrogens (tertiary/aromatic N) is 4. The Labute approximate surface area is 197 Å². The van der Waals surface area contributed by atoms with Crippen LogP contribution in [0.4, 0.5) is 5.82 Å². The predicted octanol–water partition coefficient (Wildman–Crippen LogP) is 4.56. The minimum Gasteiger partial charge on any atom is -0.481 e. The molecule has 1 saturated heterocycles. The molecule has 0 saturated carbocycles. The van der Waals surface area contributed by atoms with Crippen LogP contribution >= 0.6 is 11.6 Å². The number of hydrogen-bond acceptors (Lipinski definition) is 5. The van der Waals surface area contributed by atoms with Crippen molar-refractivity contribution in [1.82, 2.24) is 14.9 Å². The van der Waals surface area contributed by atoms with Crippen LogP contribution in [0.3, 0.4) is 0 Å². The van der Waals surface area contributed by atoms with Gasteiger partial charge in [-0.3, -0.25) is 19.4 Å². The van der Waals surface area contributed by atoms with Crippen LogP contribution < -0.4 is 4.90 Å². The number of amides is 1. The number of rotatable bonds is 4. The van der Waals surface area contributed by atoms with Crippen molar-refractivity contribution in [1.29, 1.82) is 0 Å². The molecule has 3 atom stereocenters. The summed E-state index contributed by atoms with van der Waals surface area (Å²) in [4.78, 5) is 38.6. The van der Waals surface area contributed by atoms with Crippen LogP contribution in [0.1, 0.15) is 48.7 Å². The summed E-state index contributed by atoms with van der Waals surface area (Å²) >= 11 is 6.09. The van der Waals surface area contributed by atoms with Gasteiger partial charge in [0.15, 0.2) is 5.65 Å². The monoisotopic (exact) mass is 464 g/mol. The fourth-order valence-electron chi connectivity index (χ4n) is 5.26. The molecule has 2 aliphatic rings. The molecule has 0 spiro atoms. The van der Waals surface area contributed by atoms with E-state index >= 15 is 0 Å². The summed E-state index contributed by atoms with van der Waals surface area (Å²) in [6, 6.07) is 14.6. The average molecular weight is 465 g/mol. The first-order valence-electron chi connectivity index (χ1n) is 11.2. The Morgan fingerprint density at radius 1 is 1.12 bits per heavy atom. The molecule has 1 fully saturated rings. The molecule has 33 heavy (non-hydrogen) atoms. The van der Waals surface area contributed by atoms with Gasteiger partial charge in [0.2, 0.25) is 0 Å². The highest BCUT2D eigenvalue weighted by molar-refractivity contribution is 6.29. The van der Waals surface area contributed by atoms with Gasteiger partial charge >= 0.3 is 5.97 Å². The van der Waals surface area contributed by atoms with Gasteiger partial charge < -0.3 is 5.11 Å². The van der Waals surface area contributed by atoms with Crippen molar-refractivity contribution >= 4 is 40.3 Å². The zero-order valence-corrected chi connectivity index (χ0v) is 19.2. The maximum atomic E-state index is 13.6. The Kier molecular flexibility index (Phi) is 5.54. The lowest BCUT2D eigenvalue weighted by atomic mass is 9.83. The summed E-state index contributed by atoms with van der Waals surface area (Å²) in [5.41, 5.74) is 2.00. The molecule has 0 radical (unpaired) electrons. The average Bonchev–Trinajstić information content (AvgIpc) is 3.10. The lowest BCUT2D eigenvalue weighted by Gasteiger charge is -2.45. The minimum atomic E-state index is -0.782. The number of pyridine rings is 2. The van der Waals surface area contributed by atoms with E-state index in [1.807, 2.05) is 42.5 Å². The highest BCUT2D eigenvalue weighted by Crippen LogP contribution is 2.44. The Bertz CT molecular complexity index is 1250. The van der Waals surface area contributed by atoms with Crippen LogP contribution in [-0.2, 0) is 4.79 Å². The van der Waals surface area contributed by atoms with E-state index in [4.69, 9.17) is 16.6 Å². The number of carbonyl (C=O) groups excluding carboxylic acids is 1. The summed E-state index contributed by atoms with van der Waals surface area (Å²) in [6.45, 7) is 4.89. The van der Waals surface area contributed by atoms with Crippen LogP contribution in [0.15, 0.2) is 48.5 Å². The Morgan fingerprint density at radius 3 is 2.64 bits per heavy atom. The number of piperidine rings is 1. The summed E-state index contributed by atoms with van der Waals surface area (Å²) in [7, 11) is 0. The number of carbonyl (C=O) groups is 2. The minimum absolute atomic E-state index is 0.134. The number of hydrogen-bond donors (Lipinski definition) is 1. The van der Waals surface area contributed by atoms with E-state index < -0.39 is 11.9 Å². The molecule has 3 aromatic rings. The van der Waals surface area contributed by atoms with Gasteiger partial charge in [0.25, 0.3) is 5.91 Å². The fourth-order valence-corrected chi connectivity index (χ4v) is 5.40. The van der Waals surface area contributed by atoms with E-state index in [-0.39, 0.29) is 24.0 Å². The summed E-state index contributed by atoms with van der Waals surface area (Å²) < 4.78 is 0. The van der Waals surface area contributed by atoms with Crippen molar-refractivity contribution in [3.63, 3.8) is 0 Å². The third-order valence-electron chi connectivity index (χ3n) is 6.82. The second-order valence-corrected chi connectivity index (χ2v) is 9.40. The number of halogens is 1. The van der Waals surface area contributed by atoms with Gasteiger partial charge in [-0.05, 0) is 69.1 Å². The number of carboxylic acids is 1. The molecule has 0 aliphatic carbocycles. The van der Waals surface area contributed by atoms with E-state index in [9.17, 15) is 14.7 Å². The van der Waals surface area contributed by atoms with E-state index in [0.717, 1.165) is 10.9 Å². The van der Waals surface area contributed by atoms with Crippen molar-refractivity contribution in [2.45, 2.75) is 44.8 Å². The Morgan fingerprint density at radius 2 is 1.88 bits per heavy atom. The van der Waals surface area contributed by atoms with Crippen molar-refractivity contribution in [2.75, 3.05) is 11.4 Å². The standard InChI is InChI=1S/C25H25ClN4O3/c1-14(2)29-12-11-16(25(32)33)13-19(29)22-17-5-3-4-6-18(17)24(31)30(22)21-10-8-15-7-9-20(26)27-23(15)28-21/h3-10,14,16,19,22H,11-13H2,1-2H3,(H,32,33). The van der Waals surface area contributed by atoms with E-state index in [2.05, 4.69) is 23.7 Å². The lowest BCUT2D eigenvalue weighted by molar-refractivity contribution is -0.144. The van der Waals surface area contributed by atoms with Gasteiger partial charge in [-0.2, -0.15) is 0 Å². The molecule has 2 aromatic heterocycles. The summed E-state index contributed by atoms with van der Waals surface area (Å²) in [5.74, 6) is -0.870. The molecule has 3 unspecified atom stereocenters. The first-order valence-corrected chi connectivity index (χ1v) is 11.6. The van der Waals surface area contributed by atoms with E-state index in [1.165, 1.54) is 0 Å². The van der Waals surface area contributed by atoms with Crippen LogP contribution in [-0.4, -0.2) is 50.5 Å². The SMILES string of the molecule is CC(C)N1CCC(C(=O)O)CC1C1c2ccccc2C(=O)N1c1ccc2ccc(Cl)nc2n1. The first kappa shape index (κ1) is 21.8. The zero-order valence-electron chi connectivity index (χ0n) is 18.5. The van der Waals surface area contributed by atoms with Crippen molar-refractivity contribution < 1.29 is 14.7 Å². The van der Waals surface area contributed by atoms with Gasteiger partial charge in [-0.15, -0.1) is 0 Å². The van der Waals surface area contributed by atoms with Gasteiger partial charge in [-0.1, -0.05) is 29.8 Å². The fraction of sp³-hybridized carbons (Fsp3) is 0.360. The highest BCUT2D eigenvalue weighted by atomic mass is 35.5. The van der Waals surface area contributed by atoms with Crippen LogP contribution in [0.2, 0.25) is 5.15 Å². The quantitative estimate of drug-likeness (QED) is 0.569. The molecule has 7 nitrogen and oxygen atoms in total. The lowest BCUT2D eigenvalue weighted by Crippen LogP contribution is -2.53. The van der Waals surface area contributed by atoms with Crippen LogP contribution in [0.25, 0.3) is 11.0 Å². The predicted molar refractivity (Wildman–Crippen MR) is 127 cm³/mol. The normalized spacial score (nSPS) is 23.3. The maximum Gasteiger partial charge on any atom is 0.306 e. The molecule has 0 bridgehead atoms. The van der Waals surface area contributed by atoms with E-state index in [1.54, 1.807) is 11.0 Å². The molecule has 1 N–H and O–H groups in total. The molecule has 8 heteroatoms. The second kappa shape index (κ2) is 8.39. The maximum absolute atomic E-state index is 13.6. The smallest absolute Gasteiger partial charge is 0.306 e. The second-order valence-electron chi connectivity index (χ2n) is 9.02. The topological polar surface area (TPSA) is 86.6 Å². The third kappa shape index (κ3) is 3.75. The van der Waals surface area contributed by atoms with Crippen molar-refractivity contribution in [3.05, 3.63) is 64.8 Å². The third-order valence-corrected chi connectivity index (χ3v) is 7.03. The number of likely N-dealkylation sites (tertiary alicyclic amines) is 1. The highest BCUT2D eigenvalue weighted by Gasteiger charge is 2.47. The van der Waals surface area contributed by atoms with E-state index in [0.29, 0.717) is 41.6 Å². The number of aromatic nitrogens is 2. The number of anilines is 1. The van der Waals surface area contributed by atoms with Crippen LogP contribution in [0, 0.1) is 5.92 Å². The number of fused-ring (bicyclic) bond motifs is 2. The van der Waals surface area contributed by atoms with Gasteiger partial charge in [0.1, 0.15) is 11.0 Å². The zero-order chi connectivity index (χ0) is 23.3. The van der Waals surface area contributed by atoms with Crippen molar-refractivity contribution in [2.24, 2.45) is 5.92 Å². The molecule has 170 valence electrons. The van der Waals surface area contributed by atoms with Gasteiger partial charge in [-0.25, -0.2) is 9.97 Å². The number of benzene rings is 1. The molecule has 1 amide bonds. The molecule has 4 heterocycles. The summed E-state index contributed by atoms with van der Waals surface area (Å²) in [6.07, 6.45) is 1.07. The molecule has 1 aromatic carbocycles. The Hall–Kier alpha value is -3.03.